The molecular weight excluding hydrogens is 532 g/mol. The lowest BCUT2D eigenvalue weighted by Crippen LogP contribution is -2.45. The van der Waals surface area contributed by atoms with Crippen molar-refractivity contribution in [3.05, 3.63) is 64.3 Å². The summed E-state index contributed by atoms with van der Waals surface area (Å²) in [5.74, 6) is -1.66. The number of rotatable bonds is 17. The van der Waals surface area contributed by atoms with Gasteiger partial charge in [0.2, 0.25) is 12.3 Å². The number of amides is 3. The largest absolute Gasteiger partial charge is 0.488 e. The number of carbonyl (C=O) groups excluding carboxylic acids is 3. The molecule has 0 saturated carbocycles. The highest BCUT2D eigenvalue weighted by molar-refractivity contribution is 7.09. The maximum absolute atomic E-state index is 13.2. The summed E-state index contributed by atoms with van der Waals surface area (Å²) in [5, 5.41) is 17.0. The average molecular weight is 573 g/mol. The van der Waals surface area contributed by atoms with Gasteiger partial charge >= 0.3 is 5.97 Å². The summed E-state index contributed by atoms with van der Waals surface area (Å²) in [7, 11) is 1.68. The molecule has 0 spiro atoms. The maximum Gasteiger partial charge on any atom is 0.306 e. The lowest BCUT2D eigenvalue weighted by molar-refractivity contribution is -0.141. The molecule has 1 heterocycles. The van der Waals surface area contributed by atoms with Crippen LogP contribution in [0.15, 0.2) is 48.0 Å². The van der Waals surface area contributed by atoms with Crippen LogP contribution >= 0.6 is 11.3 Å². The lowest BCUT2D eigenvalue weighted by Gasteiger charge is -2.33. The predicted molar refractivity (Wildman–Crippen MR) is 154 cm³/mol. The number of allylic oxidation sites excluding steroid dienone is 1. The molecule has 0 saturated heterocycles. The first-order valence-electron chi connectivity index (χ1n) is 13.2. The van der Waals surface area contributed by atoms with Crippen molar-refractivity contribution < 1.29 is 29.0 Å². The number of aromatic nitrogens is 1. The summed E-state index contributed by atoms with van der Waals surface area (Å²) < 4.78 is 6.01. The van der Waals surface area contributed by atoms with Crippen LogP contribution in [0.4, 0.5) is 0 Å². The number of thiazole rings is 1. The quantitative estimate of drug-likeness (QED) is 0.194. The number of nitrogens with zero attached hydrogens (tertiary/aromatic N) is 2. The van der Waals surface area contributed by atoms with Crippen LogP contribution in [0.3, 0.4) is 0 Å². The van der Waals surface area contributed by atoms with Gasteiger partial charge in [0.15, 0.2) is 6.10 Å². The molecule has 0 fully saturated rings. The number of ether oxygens (including phenoxy) is 1. The van der Waals surface area contributed by atoms with Crippen molar-refractivity contribution in [2.75, 3.05) is 13.6 Å². The van der Waals surface area contributed by atoms with Crippen LogP contribution < -0.4 is 10.6 Å². The number of aliphatic carboxylic acids is 1. The average Bonchev–Trinajstić information content (AvgIpc) is 3.40. The zero-order valence-corrected chi connectivity index (χ0v) is 24.6. The first-order chi connectivity index (χ1) is 18.9. The second kappa shape index (κ2) is 15.8. The van der Waals surface area contributed by atoms with Gasteiger partial charge in [0.05, 0.1) is 18.2 Å². The van der Waals surface area contributed by atoms with Gasteiger partial charge in [-0.1, -0.05) is 57.7 Å². The van der Waals surface area contributed by atoms with Gasteiger partial charge in [0.1, 0.15) is 10.7 Å². The zero-order chi connectivity index (χ0) is 29.8. The highest BCUT2D eigenvalue weighted by atomic mass is 32.1. The third-order valence-electron chi connectivity index (χ3n) is 6.55. The molecule has 3 N–H and O–H groups in total. The fourth-order valence-corrected chi connectivity index (χ4v) is 5.24. The zero-order valence-electron chi connectivity index (χ0n) is 23.8. The van der Waals surface area contributed by atoms with Crippen LogP contribution in [0, 0.1) is 11.8 Å². The number of carboxylic acids is 1. The van der Waals surface area contributed by atoms with E-state index in [2.05, 4.69) is 22.2 Å². The van der Waals surface area contributed by atoms with E-state index in [1.54, 1.807) is 31.2 Å². The molecule has 3 amide bonds. The first-order valence-corrected chi connectivity index (χ1v) is 14.1. The molecule has 40 heavy (non-hydrogen) atoms. The van der Waals surface area contributed by atoms with Crippen LogP contribution in [0.2, 0.25) is 0 Å². The number of hydrogen-bond acceptors (Lipinski definition) is 7. The van der Waals surface area contributed by atoms with Crippen LogP contribution in [-0.2, 0) is 25.5 Å². The van der Waals surface area contributed by atoms with Crippen molar-refractivity contribution in [3.8, 4) is 0 Å². The Balaban J connectivity index is 2.24. The molecule has 2 aromatic rings. The SMILES string of the molecule is C=C(C)OC(CC(C(C)C)N(C)C(=O)CNC=O)c1nc(C(=O)NC(Cc2ccccc2)CC(C)C(=O)O)cs1. The second-order valence-corrected chi connectivity index (χ2v) is 11.2. The van der Waals surface area contributed by atoms with E-state index in [-0.39, 0.29) is 36.5 Å². The molecule has 4 atom stereocenters. The Kier molecular flexibility index (Phi) is 12.8. The monoisotopic (exact) mass is 572 g/mol. The highest BCUT2D eigenvalue weighted by Crippen LogP contribution is 2.31. The number of nitrogens with one attached hydrogen (secondary N) is 2. The summed E-state index contributed by atoms with van der Waals surface area (Å²) in [5.41, 5.74) is 1.19. The summed E-state index contributed by atoms with van der Waals surface area (Å²) in [6.07, 6.45) is 1.08. The minimum absolute atomic E-state index is 0.0686. The van der Waals surface area contributed by atoms with Gasteiger partial charge in [0.25, 0.3) is 5.91 Å². The van der Waals surface area contributed by atoms with Crippen LogP contribution in [-0.4, -0.2) is 64.9 Å². The van der Waals surface area contributed by atoms with E-state index in [9.17, 15) is 24.3 Å². The number of likely N-dealkylation sites (N-methyl/N-ethyl adjacent to an activating group) is 1. The third kappa shape index (κ3) is 10.1. The summed E-state index contributed by atoms with van der Waals surface area (Å²) in [4.78, 5) is 54.1. The molecule has 0 radical (unpaired) electrons. The molecule has 10 nitrogen and oxygen atoms in total. The third-order valence-corrected chi connectivity index (χ3v) is 7.48. The molecule has 11 heteroatoms. The molecule has 1 aromatic carbocycles. The van der Waals surface area contributed by atoms with Crippen molar-refractivity contribution in [3.63, 3.8) is 0 Å². The second-order valence-electron chi connectivity index (χ2n) is 10.3. The van der Waals surface area contributed by atoms with Gasteiger partial charge < -0.3 is 25.4 Å². The van der Waals surface area contributed by atoms with Crippen LogP contribution in [0.5, 0.6) is 0 Å². The molecule has 0 aliphatic rings. The molecule has 0 aliphatic carbocycles. The maximum atomic E-state index is 13.2. The van der Waals surface area contributed by atoms with E-state index in [0.29, 0.717) is 30.0 Å². The fourth-order valence-electron chi connectivity index (χ4n) is 4.40. The van der Waals surface area contributed by atoms with Crippen molar-refractivity contribution >= 4 is 35.5 Å². The fraction of sp³-hybridized carbons (Fsp3) is 0.483. The van der Waals surface area contributed by atoms with Crippen molar-refractivity contribution in [2.45, 2.75) is 65.1 Å². The summed E-state index contributed by atoms with van der Waals surface area (Å²) in [6, 6.07) is 8.93. The lowest BCUT2D eigenvalue weighted by atomic mass is 9.96. The predicted octanol–water partition coefficient (Wildman–Crippen LogP) is 3.81. The number of carboxylic acid groups (broad SMARTS) is 1. The van der Waals surface area contributed by atoms with Gasteiger partial charge in [-0.15, -0.1) is 11.3 Å². The molecule has 4 unspecified atom stereocenters. The van der Waals surface area contributed by atoms with E-state index in [1.807, 2.05) is 44.2 Å². The number of benzene rings is 1. The minimum Gasteiger partial charge on any atom is -0.488 e. The molecule has 0 aliphatic heterocycles. The van der Waals surface area contributed by atoms with E-state index in [0.717, 1.165) is 5.56 Å². The number of carbonyl (C=O) groups is 4. The Morgan fingerprint density at radius 3 is 2.42 bits per heavy atom. The molecular formula is C29H40N4O6S. The Labute approximate surface area is 239 Å². The van der Waals surface area contributed by atoms with Gasteiger partial charge in [-0.25, -0.2) is 4.98 Å². The molecule has 0 bridgehead atoms. The van der Waals surface area contributed by atoms with E-state index in [1.165, 1.54) is 11.3 Å². The van der Waals surface area contributed by atoms with Crippen LogP contribution in [0.1, 0.15) is 67.7 Å². The normalized spacial score (nSPS) is 13.9. The summed E-state index contributed by atoms with van der Waals surface area (Å²) in [6.45, 7) is 11.1. The van der Waals surface area contributed by atoms with E-state index in [4.69, 9.17) is 4.74 Å². The highest BCUT2D eigenvalue weighted by Gasteiger charge is 2.30. The van der Waals surface area contributed by atoms with Crippen LogP contribution in [0.25, 0.3) is 0 Å². The van der Waals surface area contributed by atoms with Crippen molar-refractivity contribution in [2.24, 2.45) is 11.8 Å². The van der Waals surface area contributed by atoms with Crippen molar-refractivity contribution in [1.82, 2.24) is 20.5 Å². The molecule has 2 rings (SSSR count). The number of hydrogen-bond donors (Lipinski definition) is 3. The Morgan fingerprint density at radius 1 is 1.18 bits per heavy atom. The first kappa shape index (κ1) is 32.5. The van der Waals surface area contributed by atoms with E-state index < -0.39 is 29.9 Å². The van der Waals surface area contributed by atoms with Gasteiger partial charge in [-0.05, 0) is 31.2 Å². The smallest absolute Gasteiger partial charge is 0.306 e. The van der Waals surface area contributed by atoms with Gasteiger partial charge in [-0.3, -0.25) is 19.2 Å². The minimum atomic E-state index is -0.923. The molecule has 1 aromatic heterocycles. The Hall–Kier alpha value is -3.73. The van der Waals surface area contributed by atoms with Crippen molar-refractivity contribution in [1.29, 1.82) is 0 Å². The summed E-state index contributed by atoms with van der Waals surface area (Å²) >= 11 is 1.27. The Morgan fingerprint density at radius 2 is 1.85 bits per heavy atom. The van der Waals surface area contributed by atoms with E-state index >= 15 is 0 Å². The van der Waals surface area contributed by atoms with Gasteiger partial charge in [-0.2, -0.15) is 0 Å². The Bertz CT molecular complexity index is 1150. The molecule has 218 valence electrons. The topological polar surface area (TPSA) is 138 Å². The van der Waals surface area contributed by atoms with Gasteiger partial charge in [0, 0.05) is 30.9 Å². The standard InChI is InChI=1S/C29H40N4O6S/c1-18(2)24(33(6)26(35)15-30-17-34)14-25(39-19(3)4)28-32-23(16-40-28)27(36)31-22(12-20(5)29(37)38)13-21-10-8-7-9-11-21/h7-11,16-18,20,22,24-25H,3,12-15H2,1-2,4-6H3,(H,30,34)(H,31,36)(H,37,38).